The van der Waals surface area contributed by atoms with E-state index in [9.17, 15) is 4.39 Å². The van der Waals surface area contributed by atoms with Gasteiger partial charge >= 0.3 is 0 Å². The van der Waals surface area contributed by atoms with Crippen LogP contribution in [0.3, 0.4) is 0 Å². The number of benzene rings is 1. The van der Waals surface area contributed by atoms with Gasteiger partial charge in [-0.3, -0.25) is 0 Å². The van der Waals surface area contributed by atoms with Crippen molar-refractivity contribution in [3.63, 3.8) is 0 Å². The van der Waals surface area contributed by atoms with E-state index in [1.807, 2.05) is 13.0 Å². The van der Waals surface area contributed by atoms with Gasteiger partial charge in [-0.1, -0.05) is 38.4 Å². The van der Waals surface area contributed by atoms with Crippen LogP contribution in [0, 0.1) is 12.7 Å². The van der Waals surface area contributed by atoms with Gasteiger partial charge in [0.2, 0.25) is 0 Å². The molecule has 0 heterocycles. The van der Waals surface area contributed by atoms with Crippen molar-refractivity contribution in [1.82, 2.24) is 0 Å². The maximum atomic E-state index is 13.2. The first-order valence-electron chi connectivity index (χ1n) is 4.28. The number of hydrogen-bond acceptors (Lipinski definition) is 0. The molecule has 13 heavy (non-hydrogen) atoms. The summed E-state index contributed by atoms with van der Waals surface area (Å²) in [6, 6.07) is 3.45. The van der Waals surface area contributed by atoms with E-state index in [-0.39, 0.29) is 16.3 Å². The van der Waals surface area contributed by atoms with Gasteiger partial charge in [-0.05, 0) is 29.5 Å². The van der Waals surface area contributed by atoms with Crippen molar-refractivity contribution in [3.05, 3.63) is 34.1 Å². The van der Waals surface area contributed by atoms with E-state index < -0.39 is 0 Å². The summed E-state index contributed by atoms with van der Waals surface area (Å²) >= 11 is 5.72. The summed E-state index contributed by atoms with van der Waals surface area (Å²) in [6.45, 7) is 7.97. The van der Waals surface area contributed by atoms with Crippen molar-refractivity contribution in [1.29, 1.82) is 0 Å². The second kappa shape index (κ2) is 3.30. The molecule has 72 valence electrons. The Hall–Kier alpha value is -0.560. The van der Waals surface area contributed by atoms with Crippen molar-refractivity contribution >= 4 is 11.6 Å². The van der Waals surface area contributed by atoms with Gasteiger partial charge in [0.25, 0.3) is 0 Å². The molecular formula is C11H14ClF. The van der Waals surface area contributed by atoms with Crippen LogP contribution in [0.25, 0.3) is 0 Å². The molecule has 0 amide bonds. The first-order chi connectivity index (χ1) is 5.82. The van der Waals surface area contributed by atoms with Crippen molar-refractivity contribution in [3.8, 4) is 0 Å². The highest BCUT2D eigenvalue weighted by Crippen LogP contribution is 2.28. The summed E-state index contributed by atoms with van der Waals surface area (Å²) in [5, 5.41) is 0.230. The SMILES string of the molecule is Cc1cc(C(C)(C)C)cc(F)c1Cl. The molecule has 0 aromatic heterocycles. The maximum absolute atomic E-state index is 13.2. The third kappa shape index (κ3) is 2.22. The summed E-state index contributed by atoms with van der Waals surface area (Å²) in [7, 11) is 0. The largest absolute Gasteiger partial charge is 0.205 e. The zero-order valence-electron chi connectivity index (χ0n) is 8.41. The van der Waals surface area contributed by atoms with Crippen LogP contribution < -0.4 is 0 Å². The zero-order chi connectivity index (χ0) is 10.2. The summed E-state index contributed by atoms with van der Waals surface area (Å²) in [4.78, 5) is 0. The Kier molecular flexibility index (Phi) is 2.67. The first kappa shape index (κ1) is 10.5. The quantitative estimate of drug-likeness (QED) is 0.592. The molecule has 0 saturated heterocycles. The van der Waals surface area contributed by atoms with Crippen molar-refractivity contribution in [2.75, 3.05) is 0 Å². The van der Waals surface area contributed by atoms with E-state index in [2.05, 4.69) is 20.8 Å². The summed E-state index contributed by atoms with van der Waals surface area (Å²) in [5.41, 5.74) is 1.74. The predicted octanol–water partition coefficient (Wildman–Crippen LogP) is 4.09. The smallest absolute Gasteiger partial charge is 0.142 e. The molecule has 0 saturated carbocycles. The van der Waals surface area contributed by atoms with Gasteiger partial charge in [0.1, 0.15) is 5.82 Å². The van der Waals surface area contributed by atoms with Gasteiger partial charge in [0.05, 0.1) is 5.02 Å². The molecule has 0 aliphatic rings. The minimum Gasteiger partial charge on any atom is -0.205 e. The second-order valence-corrected chi connectivity index (χ2v) is 4.72. The van der Waals surface area contributed by atoms with E-state index in [0.717, 1.165) is 11.1 Å². The lowest BCUT2D eigenvalue weighted by Gasteiger charge is -2.20. The zero-order valence-corrected chi connectivity index (χ0v) is 9.17. The fourth-order valence-electron chi connectivity index (χ4n) is 1.16. The fourth-order valence-corrected chi connectivity index (χ4v) is 1.27. The van der Waals surface area contributed by atoms with Gasteiger partial charge in [-0.2, -0.15) is 0 Å². The summed E-state index contributed by atoms with van der Waals surface area (Å²) < 4.78 is 13.2. The lowest BCUT2D eigenvalue weighted by Crippen LogP contribution is -2.11. The Bertz CT molecular complexity index is 300. The number of halogens is 2. The monoisotopic (exact) mass is 200 g/mol. The minimum absolute atomic E-state index is 0.0316. The molecule has 0 unspecified atom stereocenters. The molecule has 1 aromatic carbocycles. The molecule has 0 spiro atoms. The lowest BCUT2D eigenvalue weighted by molar-refractivity contribution is 0.571. The first-order valence-corrected chi connectivity index (χ1v) is 4.66. The van der Waals surface area contributed by atoms with Crippen LogP contribution in [0.2, 0.25) is 5.02 Å². The van der Waals surface area contributed by atoms with E-state index in [0.29, 0.717) is 0 Å². The van der Waals surface area contributed by atoms with Crippen LogP contribution in [-0.4, -0.2) is 0 Å². The molecule has 1 aromatic rings. The van der Waals surface area contributed by atoms with Gasteiger partial charge in [0.15, 0.2) is 0 Å². The van der Waals surface area contributed by atoms with Gasteiger partial charge in [-0.15, -0.1) is 0 Å². The van der Waals surface area contributed by atoms with Gasteiger partial charge in [-0.25, -0.2) is 4.39 Å². The van der Waals surface area contributed by atoms with Crippen LogP contribution in [0.4, 0.5) is 4.39 Å². The minimum atomic E-state index is -0.327. The average Bonchev–Trinajstić information content (AvgIpc) is 1.97. The highest BCUT2D eigenvalue weighted by Gasteiger charge is 2.16. The molecule has 0 radical (unpaired) electrons. The summed E-state index contributed by atoms with van der Waals surface area (Å²) in [5.74, 6) is -0.327. The Morgan fingerprint density at radius 2 is 1.77 bits per heavy atom. The van der Waals surface area contributed by atoms with Gasteiger partial charge in [0, 0.05) is 0 Å². The highest BCUT2D eigenvalue weighted by atomic mass is 35.5. The van der Waals surface area contributed by atoms with Crippen LogP contribution in [0.15, 0.2) is 12.1 Å². The van der Waals surface area contributed by atoms with Crippen molar-refractivity contribution in [2.45, 2.75) is 33.1 Å². The third-order valence-corrected chi connectivity index (χ3v) is 2.55. The van der Waals surface area contributed by atoms with E-state index in [1.165, 1.54) is 6.07 Å². The number of rotatable bonds is 0. The molecule has 0 N–H and O–H groups in total. The van der Waals surface area contributed by atoms with Gasteiger partial charge < -0.3 is 0 Å². The summed E-state index contributed by atoms with van der Waals surface area (Å²) in [6.07, 6.45) is 0. The van der Waals surface area contributed by atoms with Crippen LogP contribution in [0.1, 0.15) is 31.9 Å². The molecule has 0 fully saturated rings. The van der Waals surface area contributed by atoms with Crippen molar-refractivity contribution < 1.29 is 4.39 Å². The topological polar surface area (TPSA) is 0 Å². The Morgan fingerprint density at radius 3 is 2.15 bits per heavy atom. The number of aryl methyl sites for hydroxylation is 1. The molecular weight excluding hydrogens is 187 g/mol. The van der Waals surface area contributed by atoms with Crippen LogP contribution >= 0.6 is 11.6 Å². The fraction of sp³-hybridized carbons (Fsp3) is 0.455. The second-order valence-electron chi connectivity index (χ2n) is 4.34. The average molecular weight is 201 g/mol. The molecule has 0 nitrogen and oxygen atoms in total. The molecule has 0 aliphatic heterocycles. The third-order valence-electron chi connectivity index (χ3n) is 2.08. The Labute approximate surface area is 83.7 Å². The normalized spacial score (nSPS) is 11.8. The Morgan fingerprint density at radius 1 is 1.23 bits per heavy atom. The van der Waals surface area contributed by atoms with E-state index in [1.54, 1.807) is 0 Å². The van der Waals surface area contributed by atoms with Crippen molar-refractivity contribution in [2.24, 2.45) is 0 Å². The lowest BCUT2D eigenvalue weighted by atomic mass is 9.86. The van der Waals surface area contributed by atoms with Crippen LogP contribution in [0.5, 0.6) is 0 Å². The van der Waals surface area contributed by atoms with E-state index >= 15 is 0 Å². The molecule has 1 rings (SSSR count). The molecule has 0 aliphatic carbocycles. The molecule has 2 heteroatoms. The predicted molar refractivity (Wildman–Crippen MR) is 54.8 cm³/mol. The maximum Gasteiger partial charge on any atom is 0.142 e. The van der Waals surface area contributed by atoms with E-state index in [4.69, 9.17) is 11.6 Å². The standard InChI is InChI=1S/C11H14ClF/c1-7-5-8(11(2,3)4)6-9(13)10(7)12/h5-6H,1-4H3. The highest BCUT2D eigenvalue weighted by molar-refractivity contribution is 6.31. The Balaban J connectivity index is 3.29. The molecule has 0 atom stereocenters. The van der Waals surface area contributed by atoms with Crippen LogP contribution in [-0.2, 0) is 5.41 Å². The molecule has 0 bridgehead atoms. The number of hydrogen-bond donors (Lipinski definition) is 0.